The van der Waals surface area contributed by atoms with Gasteiger partial charge in [-0.05, 0) is 30.3 Å². The first-order valence-corrected chi connectivity index (χ1v) is 10.6. The van der Waals surface area contributed by atoms with Crippen molar-refractivity contribution in [3.05, 3.63) is 53.6 Å². The van der Waals surface area contributed by atoms with E-state index in [0.717, 1.165) is 0 Å². The van der Waals surface area contributed by atoms with E-state index in [9.17, 15) is 13.2 Å². The minimum absolute atomic E-state index is 0.0536. The van der Waals surface area contributed by atoms with Crippen molar-refractivity contribution in [3.63, 3.8) is 0 Å². The smallest absolute Gasteiger partial charge is 0.271 e. The van der Waals surface area contributed by atoms with Crippen molar-refractivity contribution in [2.45, 2.75) is 4.90 Å². The third-order valence-electron chi connectivity index (χ3n) is 4.51. The second-order valence-corrected chi connectivity index (χ2v) is 8.29. The Kier molecular flexibility index (Phi) is 7.03. The van der Waals surface area contributed by atoms with E-state index in [1.165, 1.54) is 41.9 Å². The summed E-state index contributed by atoms with van der Waals surface area (Å²) >= 11 is 0. The number of amides is 1. The van der Waals surface area contributed by atoms with Crippen LogP contribution in [-0.4, -0.2) is 65.4 Å². The molecule has 1 aliphatic heterocycles. The maximum absolute atomic E-state index is 12.8. The average Bonchev–Trinajstić information content (AvgIpc) is 2.79. The van der Waals surface area contributed by atoms with Crippen LogP contribution in [0.4, 0.5) is 0 Å². The van der Waals surface area contributed by atoms with Crippen molar-refractivity contribution in [2.24, 2.45) is 5.10 Å². The topological polar surface area (TPSA) is 107 Å². The number of hydrogen-bond donors (Lipinski definition) is 1. The Bertz CT molecular complexity index is 1030. The highest BCUT2D eigenvalue weighted by Crippen LogP contribution is 2.23. The largest absolute Gasteiger partial charge is 0.497 e. The lowest BCUT2D eigenvalue weighted by molar-refractivity contribution is 0.0730. The number of morpholine rings is 1. The Hall–Kier alpha value is -2.95. The van der Waals surface area contributed by atoms with Gasteiger partial charge in [0.05, 0.1) is 38.5 Å². The van der Waals surface area contributed by atoms with Crippen LogP contribution in [0, 0.1) is 0 Å². The Morgan fingerprint density at radius 2 is 1.90 bits per heavy atom. The standard InChI is InChI=1S/C20H23N3O6S/c1-27-17-7-6-16(19(13-17)28-2)14-21-22-20(24)15-4-3-5-18(12-15)30(25,26)23-8-10-29-11-9-23/h3-7,12-14H,8-11H2,1-2H3,(H,22,24)/b21-14-. The van der Waals surface area contributed by atoms with E-state index in [1.54, 1.807) is 25.3 Å². The van der Waals surface area contributed by atoms with Crippen molar-refractivity contribution >= 4 is 22.1 Å². The van der Waals surface area contributed by atoms with Gasteiger partial charge in [0.2, 0.25) is 10.0 Å². The minimum atomic E-state index is -3.69. The zero-order valence-electron chi connectivity index (χ0n) is 16.7. The molecule has 10 heteroatoms. The molecule has 160 valence electrons. The predicted octanol–water partition coefficient (Wildman–Crippen LogP) is 1.49. The molecule has 30 heavy (non-hydrogen) atoms. The van der Waals surface area contributed by atoms with Crippen LogP contribution in [-0.2, 0) is 14.8 Å². The van der Waals surface area contributed by atoms with Crippen molar-refractivity contribution in [1.82, 2.24) is 9.73 Å². The summed E-state index contributed by atoms with van der Waals surface area (Å²) in [7, 11) is -0.620. The lowest BCUT2D eigenvalue weighted by Crippen LogP contribution is -2.40. The normalized spacial score (nSPS) is 15.1. The number of hydrogen-bond acceptors (Lipinski definition) is 7. The molecule has 0 aliphatic carbocycles. The summed E-state index contributed by atoms with van der Waals surface area (Å²) in [6, 6.07) is 11.0. The molecule has 0 unspecified atom stereocenters. The Morgan fingerprint density at radius 3 is 2.60 bits per heavy atom. The fourth-order valence-electron chi connectivity index (χ4n) is 2.88. The number of carbonyl (C=O) groups excluding carboxylic acids is 1. The van der Waals surface area contributed by atoms with Crippen molar-refractivity contribution < 1.29 is 27.4 Å². The summed E-state index contributed by atoms with van der Waals surface area (Å²) in [5.74, 6) is 0.634. The Balaban J connectivity index is 1.72. The van der Waals surface area contributed by atoms with Gasteiger partial charge in [0, 0.05) is 30.3 Å². The molecule has 0 radical (unpaired) electrons. The van der Waals surface area contributed by atoms with Gasteiger partial charge in [-0.3, -0.25) is 4.79 Å². The molecule has 3 rings (SSSR count). The zero-order valence-corrected chi connectivity index (χ0v) is 17.5. The number of sulfonamides is 1. The molecule has 9 nitrogen and oxygen atoms in total. The first-order valence-electron chi connectivity index (χ1n) is 9.19. The maximum Gasteiger partial charge on any atom is 0.271 e. The molecular weight excluding hydrogens is 410 g/mol. The quantitative estimate of drug-likeness (QED) is 0.524. The number of nitrogens with zero attached hydrogens (tertiary/aromatic N) is 2. The lowest BCUT2D eigenvalue weighted by atomic mass is 10.2. The van der Waals surface area contributed by atoms with Crippen LogP contribution in [0.5, 0.6) is 11.5 Å². The van der Waals surface area contributed by atoms with Crippen LogP contribution in [0.15, 0.2) is 52.5 Å². The second kappa shape index (κ2) is 9.70. The molecule has 0 bridgehead atoms. The van der Waals surface area contributed by atoms with Gasteiger partial charge in [0.1, 0.15) is 11.5 Å². The highest BCUT2D eigenvalue weighted by molar-refractivity contribution is 7.89. The van der Waals surface area contributed by atoms with E-state index in [1.807, 2.05) is 0 Å². The van der Waals surface area contributed by atoms with E-state index in [4.69, 9.17) is 14.2 Å². The number of benzene rings is 2. The fraction of sp³-hybridized carbons (Fsp3) is 0.300. The summed E-state index contributed by atoms with van der Waals surface area (Å²) in [4.78, 5) is 12.5. The van der Waals surface area contributed by atoms with Crippen LogP contribution in [0.1, 0.15) is 15.9 Å². The molecule has 2 aromatic carbocycles. The Labute approximate surface area is 175 Å². The van der Waals surface area contributed by atoms with Crippen LogP contribution in [0.2, 0.25) is 0 Å². The summed E-state index contributed by atoms with van der Waals surface area (Å²) in [5, 5.41) is 3.94. The van der Waals surface area contributed by atoms with Crippen LogP contribution < -0.4 is 14.9 Å². The summed E-state index contributed by atoms with van der Waals surface area (Å²) in [5.41, 5.74) is 3.23. The molecule has 0 aromatic heterocycles. The third kappa shape index (κ3) is 4.96. The molecule has 0 spiro atoms. The number of nitrogens with one attached hydrogen (secondary N) is 1. The fourth-order valence-corrected chi connectivity index (χ4v) is 4.34. The molecule has 0 saturated carbocycles. The summed E-state index contributed by atoms with van der Waals surface area (Å²) < 4.78 is 42.5. The maximum atomic E-state index is 12.8. The number of rotatable bonds is 7. The van der Waals surface area contributed by atoms with E-state index in [-0.39, 0.29) is 23.5 Å². The lowest BCUT2D eigenvalue weighted by Gasteiger charge is -2.26. The number of methoxy groups -OCH3 is 2. The molecule has 1 heterocycles. The molecule has 1 saturated heterocycles. The molecule has 2 aromatic rings. The van der Waals surface area contributed by atoms with Gasteiger partial charge in [-0.25, -0.2) is 13.8 Å². The van der Waals surface area contributed by atoms with E-state index in [2.05, 4.69) is 10.5 Å². The number of hydrazone groups is 1. The van der Waals surface area contributed by atoms with Gasteiger partial charge >= 0.3 is 0 Å². The highest BCUT2D eigenvalue weighted by atomic mass is 32.2. The van der Waals surface area contributed by atoms with Gasteiger partial charge < -0.3 is 14.2 Å². The van der Waals surface area contributed by atoms with Crippen molar-refractivity contribution in [1.29, 1.82) is 0 Å². The van der Waals surface area contributed by atoms with Crippen molar-refractivity contribution in [3.8, 4) is 11.5 Å². The van der Waals surface area contributed by atoms with Gasteiger partial charge in [-0.1, -0.05) is 6.07 Å². The SMILES string of the molecule is COc1ccc(/C=N\NC(=O)c2cccc(S(=O)(=O)N3CCOCC3)c2)c(OC)c1. The molecule has 1 fully saturated rings. The first-order chi connectivity index (χ1) is 14.5. The highest BCUT2D eigenvalue weighted by Gasteiger charge is 2.26. The van der Waals surface area contributed by atoms with E-state index >= 15 is 0 Å². The number of carbonyl (C=O) groups is 1. The van der Waals surface area contributed by atoms with Crippen LogP contribution >= 0.6 is 0 Å². The third-order valence-corrected chi connectivity index (χ3v) is 6.41. The number of ether oxygens (including phenoxy) is 3. The van der Waals surface area contributed by atoms with Gasteiger partial charge in [0.15, 0.2) is 0 Å². The van der Waals surface area contributed by atoms with Gasteiger partial charge in [0.25, 0.3) is 5.91 Å². The molecule has 1 N–H and O–H groups in total. The van der Waals surface area contributed by atoms with E-state index in [0.29, 0.717) is 30.3 Å². The second-order valence-electron chi connectivity index (χ2n) is 6.35. The predicted molar refractivity (Wildman–Crippen MR) is 111 cm³/mol. The molecule has 1 aliphatic rings. The van der Waals surface area contributed by atoms with Crippen molar-refractivity contribution in [2.75, 3.05) is 40.5 Å². The van der Waals surface area contributed by atoms with Gasteiger partial charge in [-0.15, -0.1) is 0 Å². The van der Waals surface area contributed by atoms with Crippen LogP contribution in [0.25, 0.3) is 0 Å². The minimum Gasteiger partial charge on any atom is -0.497 e. The van der Waals surface area contributed by atoms with Crippen LogP contribution in [0.3, 0.4) is 0 Å². The molecule has 1 amide bonds. The molecular formula is C20H23N3O6S. The first kappa shape index (κ1) is 21.8. The average molecular weight is 433 g/mol. The summed E-state index contributed by atoms with van der Waals surface area (Å²) in [6.45, 7) is 1.27. The van der Waals surface area contributed by atoms with E-state index < -0.39 is 15.9 Å². The summed E-state index contributed by atoms with van der Waals surface area (Å²) in [6.07, 6.45) is 1.44. The monoisotopic (exact) mass is 433 g/mol. The Morgan fingerprint density at radius 1 is 1.13 bits per heavy atom. The van der Waals surface area contributed by atoms with Gasteiger partial charge in [-0.2, -0.15) is 9.41 Å². The zero-order chi connectivity index (χ0) is 21.6. The molecule has 0 atom stereocenters.